The van der Waals surface area contributed by atoms with Crippen molar-refractivity contribution in [2.24, 2.45) is 0 Å². The van der Waals surface area contributed by atoms with Gasteiger partial charge >= 0.3 is 0 Å². The number of aromatic nitrogens is 1. The number of hydrogen-bond donors (Lipinski definition) is 1. The molecule has 1 unspecified atom stereocenters. The van der Waals surface area contributed by atoms with Gasteiger partial charge in [0.25, 0.3) is 0 Å². The minimum atomic E-state index is -3.38. The topological polar surface area (TPSA) is 76.1 Å². The molecule has 1 atom stereocenters. The highest BCUT2D eigenvalue weighted by molar-refractivity contribution is 7.92. The van der Waals surface area contributed by atoms with Crippen LogP contribution in [0.3, 0.4) is 0 Å². The Bertz CT molecular complexity index is 691. The van der Waals surface area contributed by atoms with Gasteiger partial charge in [-0.2, -0.15) is 4.37 Å². The molecule has 18 heavy (non-hydrogen) atoms. The second kappa shape index (κ2) is 4.66. The summed E-state index contributed by atoms with van der Waals surface area (Å²) >= 11 is 1.37. The molecule has 0 bridgehead atoms. The van der Waals surface area contributed by atoms with Crippen LogP contribution in [0.5, 0.6) is 0 Å². The maximum absolute atomic E-state index is 11.7. The van der Waals surface area contributed by atoms with Crippen LogP contribution in [0.25, 0.3) is 10.1 Å². The second-order valence-corrected chi connectivity index (χ2v) is 7.24. The van der Waals surface area contributed by atoms with Crippen molar-refractivity contribution in [3.8, 4) is 0 Å². The Morgan fingerprint density at radius 2 is 2.17 bits per heavy atom. The Kier molecular flexibility index (Phi) is 3.36. The summed E-state index contributed by atoms with van der Waals surface area (Å²) in [6.45, 7) is 1.37. The highest BCUT2D eigenvalue weighted by Crippen LogP contribution is 2.22. The number of nitrogens with zero attached hydrogens (tertiary/aromatic N) is 1. The van der Waals surface area contributed by atoms with E-state index in [1.165, 1.54) is 18.5 Å². The first-order valence-corrected chi connectivity index (χ1v) is 7.95. The number of sulfone groups is 1. The molecule has 0 aliphatic heterocycles. The number of fused-ring (bicyclic) bond motifs is 1. The highest BCUT2D eigenvalue weighted by Gasteiger charge is 2.23. The molecule has 0 saturated carbocycles. The Morgan fingerprint density at radius 3 is 2.83 bits per heavy atom. The molecule has 0 aliphatic rings. The van der Waals surface area contributed by atoms with Gasteiger partial charge in [-0.25, -0.2) is 8.42 Å². The third kappa shape index (κ3) is 2.68. The normalized spacial score (nSPS) is 13.4. The van der Waals surface area contributed by atoms with E-state index in [2.05, 4.69) is 9.69 Å². The van der Waals surface area contributed by atoms with Crippen molar-refractivity contribution in [3.63, 3.8) is 0 Å². The van der Waals surface area contributed by atoms with Crippen LogP contribution >= 0.6 is 11.5 Å². The summed E-state index contributed by atoms with van der Waals surface area (Å²) in [4.78, 5) is 11.7. The van der Waals surface area contributed by atoms with Gasteiger partial charge in [-0.15, -0.1) is 0 Å². The predicted octanol–water partition coefficient (Wildman–Crippen LogP) is 1.67. The van der Waals surface area contributed by atoms with Crippen LogP contribution in [0.1, 0.15) is 6.92 Å². The van der Waals surface area contributed by atoms with Crippen LogP contribution in [0.2, 0.25) is 0 Å². The average Bonchev–Trinajstić information content (AvgIpc) is 2.73. The van der Waals surface area contributed by atoms with Gasteiger partial charge in [0.1, 0.15) is 5.25 Å². The lowest BCUT2D eigenvalue weighted by atomic mass is 10.2. The number of nitrogens with one attached hydrogen (secondary N) is 1. The van der Waals surface area contributed by atoms with Crippen molar-refractivity contribution in [2.75, 3.05) is 11.6 Å². The molecular weight excluding hydrogens is 272 g/mol. The van der Waals surface area contributed by atoms with Crippen molar-refractivity contribution in [3.05, 3.63) is 24.4 Å². The molecule has 0 radical (unpaired) electrons. The fourth-order valence-electron chi connectivity index (χ4n) is 1.39. The van der Waals surface area contributed by atoms with Crippen molar-refractivity contribution >= 4 is 43.1 Å². The van der Waals surface area contributed by atoms with Crippen molar-refractivity contribution in [2.45, 2.75) is 12.2 Å². The summed E-state index contributed by atoms with van der Waals surface area (Å²) in [6.07, 6.45) is 2.75. The zero-order chi connectivity index (χ0) is 13.3. The monoisotopic (exact) mass is 284 g/mol. The standard InChI is InChI=1S/C11H12N2O3S2/c1-7(18(2,15)16)11(14)13-9-3-4-10-8(5-9)6-12-17-10/h3-7H,1-2H3,(H,13,14). The van der Waals surface area contributed by atoms with E-state index in [4.69, 9.17) is 0 Å². The van der Waals surface area contributed by atoms with Crippen molar-refractivity contribution < 1.29 is 13.2 Å². The lowest BCUT2D eigenvalue weighted by Crippen LogP contribution is -2.31. The molecule has 0 saturated heterocycles. The van der Waals surface area contributed by atoms with Gasteiger partial charge in [0.15, 0.2) is 9.84 Å². The molecule has 1 aromatic carbocycles. The lowest BCUT2D eigenvalue weighted by molar-refractivity contribution is -0.115. The van der Waals surface area contributed by atoms with Gasteiger partial charge < -0.3 is 5.32 Å². The Morgan fingerprint density at radius 1 is 1.44 bits per heavy atom. The largest absolute Gasteiger partial charge is 0.325 e. The minimum Gasteiger partial charge on any atom is -0.325 e. The number of rotatable bonds is 3. The molecule has 1 amide bonds. The molecule has 0 aliphatic carbocycles. The molecule has 5 nitrogen and oxygen atoms in total. The molecular formula is C11H12N2O3S2. The fraction of sp³-hybridized carbons (Fsp3) is 0.273. The SMILES string of the molecule is CC(C(=O)Nc1ccc2sncc2c1)S(C)(=O)=O. The molecule has 1 aromatic heterocycles. The zero-order valence-corrected chi connectivity index (χ0v) is 11.5. The van der Waals surface area contributed by atoms with Crippen LogP contribution in [0.15, 0.2) is 24.4 Å². The van der Waals surface area contributed by atoms with Crippen LogP contribution in [0.4, 0.5) is 5.69 Å². The molecule has 7 heteroatoms. The average molecular weight is 284 g/mol. The van der Waals surface area contributed by atoms with Crippen LogP contribution in [0, 0.1) is 0 Å². The first kappa shape index (κ1) is 13.0. The summed E-state index contributed by atoms with van der Waals surface area (Å²) < 4.78 is 27.6. The fourth-order valence-corrected chi connectivity index (χ4v) is 2.46. The Labute approximate surface area is 109 Å². The predicted molar refractivity (Wildman–Crippen MR) is 72.6 cm³/mol. The molecule has 0 fully saturated rings. The van der Waals surface area contributed by atoms with Crippen LogP contribution in [-0.4, -0.2) is 30.2 Å². The summed E-state index contributed by atoms with van der Waals surface area (Å²) in [5, 5.41) is 2.45. The summed E-state index contributed by atoms with van der Waals surface area (Å²) in [5.74, 6) is -0.528. The number of carbonyl (C=O) groups excluding carboxylic acids is 1. The van der Waals surface area contributed by atoms with E-state index in [9.17, 15) is 13.2 Å². The third-order valence-electron chi connectivity index (χ3n) is 2.63. The summed E-state index contributed by atoms with van der Waals surface area (Å²) in [6, 6.07) is 5.34. The molecule has 2 rings (SSSR count). The molecule has 1 heterocycles. The number of hydrogen-bond acceptors (Lipinski definition) is 5. The number of amides is 1. The molecule has 1 N–H and O–H groups in total. The van der Waals surface area contributed by atoms with Gasteiger partial charge in [-0.3, -0.25) is 4.79 Å². The smallest absolute Gasteiger partial charge is 0.242 e. The van der Waals surface area contributed by atoms with E-state index in [-0.39, 0.29) is 0 Å². The molecule has 96 valence electrons. The number of benzene rings is 1. The van der Waals surface area contributed by atoms with E-state index in [0.717, 1.165) is 16.3 Å². The van der Waals surface area contributed by atoms with E-state index < -0.39 is 21.0 Å². The van der Waals surface area contributed by atoms with Crippen LogP contribution < -0.4 is 5.32 Å². The van der Waals surface area contributed by atoms with Gasteiger partial charge in [-0.1, -0.05) is 0 Å². The summed E-state index contributed by atoms with van der Waals surface area (Å²) in [7, 11) is -3.38. The van der Waals surface area contributed by atoms with E-state index in [0.29, 0.717) is 5.69 Å². The van der Waals surface area contributed by atoms with Crippen molar-refractivity contribution in [1.82, 2.24) is 4.37 Å². The van der Waals surface area contributed by atoms with Gasteiger partial charge in [0, 0.05) is 23.5 Å². The van der Waals surface area contributed by atoms with Crippen LogP contribution in [-0.2, 0) is 14.6 Å². The molecule has 2 aromatic rings. The number of carbonyl (C=O) groups is 1. The Hall–Kier alpha value is -1.47. The first-order valence-electron chi connectivity index (χ1n) is 5.22. The maximum Gasteiger partial charge on any atom is 0.242 e. The minimum absolute atomic E-state index is 0.528. The quantitative estimate of drug-likeness (QED) is 0.930. The number of anilines is 1. The van der Waals surface area contributed by atoms with Gasteiger partial charge in [-0.05, 0) is 36.7 Å². The second-order valence-electron chi connectivity index (χ2n) is 4.04. The Balaban J connectivity index is 2.21. The first-order chi connectivity index (χ1) is 8.38. The van der Waals surface area contributed by atoms with Gasteiger partial charge in [0.2, 0.25) is 5.91 Å². The summed E-state index contributed by atoms with van der Waals surface area (Å²) in [5.41, 5.74) is 0.572. The van der Waals surface area contributed by atoms with E-state index >= 15 is 0 Å². The highest BCUT2D eigenvalue weighted by atomic mass is 32.2. The molecule has 0 spiro atoms. The third-order valence-corrected chi connectivity index (χ3v) is 4.91. The van der Waals surface area contributed by atoms with E-state index in [1.54, 1.807) is 18.3 Å². The van der Waals surface area contributed by atoms with Crippen molar-refractivity contribution in [1.29, 1.82) is 0 Å². The van der Waals surface area contributed by atoms with Gasteiger partial charge in [0.05, 0.1) is 4.70 Å². The zero-order valence-electron chi connectivity index (χ0n) is 9.88. The maximum atomic E-state index is 11.7. The lowest BCUT2D eigenvalue weighted by Gasteiger charge is -2.10. The van der Waals surface area contributed by atoms with E-state index in [1.807, 2.05) is 6.07 Å².